The van der Waals surface area contributed by atoms with Gasteiger partial charge in [0.15, 0.2) is 21.9 Å². The molecule has 0 aliphatic carbocycles. The van der Waals surface area contributed by atoms with E-state index < -0.39 is 21.3 Å². The predicted octanol–water partition coefficient (Wildman–Crippen LogP) is 3.04. The highest BCUT2D eigenvalue weighted by atomic mass is 32.2. The standard InChI is InChI=1S/C19H20FNO5S/c1-19(2,25-3)18(13-5-7-16(8-6-13)27(4,23)24)17(12-22)26-15-9-14(20)10-21-11-15/h5-12H,1-4H3/b18-17+. The number of aldehydes is 1. The van der Waals surface area contributed by atoms with Gasteiger partial charge in [-0.2, -0.15) is 0 Å². The van der Waals surface area contributed by atoms with Crippen molar-refractivity contribution in [2.75, 3.05) is 13.4 Å². The third-order valence-corrected chi connectivity index (χ3v) is 5.07. The molecule has 0 atom stereocenters. The number of benzene rings is 1. The Morgan fingerprint density at radius 1 is 1.19 bits per heavy atom. The van der Waals surface area contributed by atoms with Crippen molar-refractivity contribution in [2.45, 2.75) is 24.3 Å². The van der Waals surface area contributed by atoms with E-state index in [-0.39, 0.29) is 16.4 Å². The van der Waals surface area contributed by atoms with Crippen molar-refractivity contribution in [1.82, 2.24) is 4.98 Å². The Morgan fingerprint density at radius 2 is 1.81 bits per heavy atom. The fourth-order valence-electron chi connectivity index (χ4n) is 2.47. The van der Waals surface area contributed by atoms with Gasteiger partial charge >= 0.3 is 0 Å². The van der Waals surface area contributed by atoms with Crippen LogP contribution in [-0.4, -0.2) is 38.7 Å². The molecule has 0 spiro atoms. The first-order valence-corrected chi connectivity index (χ1v) is 9.81. The summed E-state index contributed by atoms with van der Waals surface area (Å²) >= 11 is 0. The second-order valence-electron chi connectivity index (χ2n) is 6.31. The van der Waals surface area contributed by atoms with E-state index in [1.165, 1.54) is 25.4 Å². The van der Waals surface area contributed by atoms with Gasteiger partial charge in [-0.3, -0.25) is 9.78 Å². The Labute approximate surface area is 157 Å². The number of rotatable bonds is 7. The first kappa shape index (κ1) is 20.7. The van der Waals surface area contributed by atoms with Crippen LogP contribution >= 0.6 is 0 Å². The van der Waals surface area contributed by atoms with Gasteiger partial charge in [-0.25, -0.2) is 12.8 Å². The SMILES string of the molecule is COC(C)(C)/C(=C(\C=O)Oc1cncc(F)c1)c1ccc(S(C)(=O)=O)cc1. The van der Waals surface area contributed by atoms with E-state index in [9.17, 15) is 17.6 Å². The number of ether oxygens (including phenoxy) is 2. The van der Waals surface area contributed by atoms with Crippen LogP contribution in [0, 0.1) is 5.82 Å². The smallest absolute Gasteiger partial charge is 0.185 e. The van der Waals surface area contributed by atoms with Gasteiger partial charge in [0.1, 0.15) is 11.6 Å². The fourth-order valence-corrected chi connectivity index (χ4v) is 3.10. The number of hydrogen-bond acceptors (Lipinski definition) is 6. The molecule has 8 heteroatoms. The molecule has 0 fully saturated rings. The van der Waals surface area contributed by atoms with Gasteiger partial charge in [0, 0.05) is 25.0 Å². The van der Waals surface area contributed by atoms with E-state index in [2.05, 4.69) is 4.98 Å². The van der Waals surface area contributed by atoms with Crippen LogP contribution in [0.2, 0.25) is 0 Å². The van der Waals surface area contributed by atoms with Gasteiger partial charge in [0.2, 0.25) is 0 Å². The number of allylic oxidation sites excluding steroid dienone is 1. The number of carbonyl (C=O) groups is 1. The molecule has 1 aromatic carbocycles. The lowest BCUT2D eigenvalue weighted by Gasteiger charge is -2.28. The molecule has 144 valence electrons. The highest BCUT2D eigenvalue weighted by molar-refractivity contribution is 7.90. The lowest BCUT2D eigenvalue weighted by molar-refractivity contribution is -0.106. The molecule has 0 bridgehead atoms. The number of hydrogen-bond donors (Lipinski definition) is 0. The van der Waals surface area contributed by atoms with Gasteiger partial charge in [-0.15, -0.1) is 0 Å². The minimum Gasteiger partial charge on any atom is -0.452 e. The molecular formula is C19H20FNO5S. The molecule has 0 saturated carbocycles. The minimum absolute atomic E-state index is 0.0502. The summed E-state index contributed by atoms with van der Waals surface area (Å²) in [5.41, 5.74) is -0.0473. The molecular weight excluding hydrogens is 373 g/mol. The van der Waals surface area contributed by atoms with E-state index in [0.717, 1.165) is 18.5 Å². The second-order valence-corrected chi connectivity index (χ2v) is 8.32. The molecule has 0 radical (unpaired) electrons. The summed E-state index contributed by atoms with van der Waals surface area (Å²) in [6, 6.07) is 7.08. The summed E-state index contributed by atoms with van der Waals surface area (Å²) in [7, 11) is -1.89. The maximum Gasteiger partial charge on any atom is 0.185 e. The minimum atomic E-state index is -3.36. The molecule has 6 nitrogen and oxygen atoms in total. The quantitative estimate of drug-likeness (QED) is 0.409. The van der Waals surface area contributed by atoms with Crippen molar-refractivity contribution < 1.29 is 27.1 Å². The molecule has 0 N–H and O–H groups in total. The fraction of sp³-hybridized carbons (Fsp3) is 0.263. The van der Waals surface area contributed by atoms with Crippen molar-refractivity contribution in [2.24, 2.45) is 0 Å². The summed E-state index contributed by atoms with van der Waals surface area (Å²) in [6.45, 7) is 3.45. The van der Waals surface area contributed by atoms with Gasteiger partial charge in [-0.05, 0) is 31.5 Å². The lowest BCUT2D eigenvalue weighted by Crippen LogP contribution is -2.27. The topological polar surface area (TPSA) is 82.6 Å². The van der Waals surface area contributed by atoms with Crippen LogP contribution in [0.5, 0.6) is 5.75 Å². The zero-order valence-corrected chi connectivity index (χ0v) is 16.2. The summed E-state index contributed by atoms with van der Waals surface area (Å²) in [5, 5.41) is 0. The maximum atomic E-state index is 13.4. The average molecular weight is 393 g/mol. The molecule has 0 aliphatic rings. The third kappa shape index (κ3) is 4.99. The van der Waals surface area contributed by atoms with Crippen molar-refractivity contribution in [3.05, 3.63) is 59.9 Å². The van der Waals surface area contributed by atoms with Crippen LogP contribution in [0.3, 0.4) is 0 Å². The molecule has 1 heterocycles. The van der Waals surface area contributed by atoms with Crippen molar-refractivity contribution in [3.63, 3.8) is 0 Å². The number of carbonyl (C=O) groups excluding carboxylic acids is 1. The number of pyridine rings is 1. The summed E-state index contributed by atoms with van der Waals surface area (Å²) in [6.07, 6.45) is 3.89. The molecule has 27 heavy (non-hydrogen) atoms. The van der Waals surface area contributed by atoms with Gasteiger partial charge in [0.05, 0.1) is 22.9 Å². The zero-order valence-electron chi connectivity index (χ0n) is 15.4. The third-order valence-electron chi connectivity index (χ3n) is 3.94. The molecule has 0 aliphatic heterocycles. The number of methoxy groups -OCH3 is 1. The zero-order chi connectivity index (χ0) is 20.2. The predicted molar refractivity (Wildman–Crippen MR) is 98.4 cm³/mol. The molecule has 2 aromatic rings. The Hall–Kier alpha value is -2.58. The van der Waals surface area contributed by atoms with Gasteiger partial charge < -0.3 is 9.47 Å². The molecule has 0 amide bonds. The average Bonchev–Trinajstić information content (AvgIpc) is 2.60. The van der Waals surface area contributed by atoms with Crippen molar-refractivity contribution in [1.29, 1.82) is 0 Å². The second kappa shape index (κ2) is 7.98. The van der Waals surface area contributed by atoms with E-state index in [0.29, 0.717) is 17.4 Å². The number of halogens is 1. The Morgan fingerprint density at radius 3 is 2.30 bits per heavy atom. The summed E-state index contributed by atoms with van der Waals surface area (Å²) in [4.78, 5) is 15.6. The number of aromatic nitrogens is 1. The van der Waals surface area contributed by atoms with Crippen LogP contribution < -0.4 is 4.74 Å². The first-order chi connectivity index (χ1) is 12.6. The van der Waals surface area contributed by atoms with Crippen LogP contribution in [0.25, 0.3) is 5.57 Å². The lowest BCUT2D eigenvalue weighted by atomic mass is 9.90. The van der Waals surface area contributed by atoms with Crippen LogP contribution in [0.15, 0.2) is 53.4 Å². The van der Waals surface area contributed by atoms with E-state index >= 15 is 0 Å². The molecule has 0 unspecified atom stereocenters. The molecule has 1 aromatic heterocycles. The summed E-state index contributed by atoms with van der Waals surface area (Å²) < 4.78 is 47.8. The normalized spacial score (nSPS) is 13.1. The van der Waals surface area contributed by atoms with Crippen molar-refractivity contribution >= 4 is 21.7 Å². The van der Waals surface area contributed by atoms with Gasteiger partial charge in [-0.1, -0.05) is 12.1 Å². The van der Waals surface area contributed by atoms with E-state index in [1.54, 1.807) is 26.0 Å². The molecule has 2 rings (SSSR count). The highest BCUT2D eigenvalue weighted by Gasteiger charge is 2.29. The van der Waals surface area contributed by atoms with Crippen LogP contribution in [0.1, 0.15) is 19.4 Å². The van der Waals surface area contributed by atoms with Crippen LogP contribution in [0.4, 0.5) is 4.39 Å². The Balaban J connectivity index is 2.61. The highest BCUT2D eigenvalue weighted by Crippen LogP contribution is 2.33. The largest absolute Gasteiger partial charge is 0.452 e. The summed E-state index contributed by atoms with van der Waals surface area (Å²) in [5.74, 6) is -0.654. The van der Waals surface area contributed by atoms with E-state index in [4.69, 9.17) is 9.47 Å². The monoisotopic (exact) mass is 393 g/mol. The Kier molecular flexibility index (Phi) is 6.12. The van der Waals surface area contributed by atoms with E-state index in [1.807, 2.05) is 0 Å². The van der Waals surface area contributed by atoms with Crippen LogP contribution in [-0.2, 0) is 19.4 Å². The number of nitrogens with zero attached hydrogens (tertiary/aromatic N) is 1. The number of sulfone groups is 1. The van der Waals surface area contributed by atoms with Crippen molar-refractivity contribution in [3.8, 4) is 5.75 Å². The maximum absolute atomic E-state index is 13.4. The Bertz CT molecular complexity index is 966. The molecule has 0 saturated heterocycles. The van der Waals surface area contributed by atoms with Gasteiger partial charge in [0.25, 0.3) is 0 Å². The first-order valence-electron chi connectivity index (χ1n) is 7.92.